The fourth-order valence-corrected chi connectivity index (χ4v) is 4.25. The van der Waals surface area contributed by atoms with E-state index in [1.165, 1.54) is 12.1 Å². The predicted molar refractivity (Wildman–Crippen MR) is 122 cm³/mol. The van der Waals surface area contributed by atoms with E-state index in [2.05, 4.69) is 0 Å². The first-order chi connectivity index (χ1) is 15.4. The quantitative estimate of drug-likeness (QED) is 0.616. The Balaban J connectivity index is 1.61. The van der Waals surface area contributed by atoms with Crippen molar-refractivity contribution >= 4 is 17.7 Å². The molecule has 4 rings (SSSR count). The molecule has 0 aliphatic carbocycles. The van der Waals surface area contributed by atoms with E-state index in [9.17, 15) is 14.4 Å². The zero-order valence-corrected chi connectivity index (χ0v) is 18.0. The number of carbonyl (C=O) groups is 3. The number of aryl methyl sites for hydroxylation is 1. The molecule has 1 amide bonds. The zero-order valence-electron chi connectivity index (χ0n) is 18.0. The number of benzene rings is 3. The average Bonchev–Trinajstić information content (AvgIpc) is 2.79. The van der Waals surface area contributed by atoms with Gasteiger partial charge in [-0.15, -0.1) is 0 Å². The number of fused-ring (bicyclic) bond motifs is 1. The van der Waals surface area contributed by atoms with E-state index >= 15 is 0 Å². The molecule has 0 saturated heterocycles. The number of aromatic carboxylic acids is 1. The standard InChI is InChI=1S/C27H25NO4/c1-18-7-12-23-22(15-18)13-14-28(26(23)30)24(16-19-5-3-2-4-6-19)25(29)17-20-8-10-21(11-9-20)27(31)32/h2-12,15,24H,13-14,16-17H2,1H3,(H,31,32)/t24-/m0/s1. The van der Waals surface area contributed by atoms with Gasteiger partial charge in [0, 0.05) is 18.5 Å². The molecule has 32 heavy (non-hydrogen) atoms. The van der Waals surface area contributed by atoms with Gasteiger partial charge < -0.3 is 10.0 Å². The second-order valence-corrected chi connectivity index (χ2v) is 8.26. The van der Waals surface area contributed by atoms with Gasteiger partial charge in [-0.3, -0.25) is 9.59 Å². The van der Waals surface area contributed by atoms with Crippen molar-refractivity contribution in [3.8, 4) is 0 Å². The molecule has 1 aliphatic heterocycles. The van der Waals surface area contributed by atoms with E-state index < -0.39 is 12.0 Å². The minimum atomic E-state index is -1.00. The Kier molecular flexibility index (Phi) is 6.17. The van der Waals surface area contributed by atoms with Crippen molar-refractivity contribution in [2.75, 3.05) is 6.54 Å². The summed E-state index contributed by atoms with van der Waals surface area (Å²) in [7, 11) is 0. The van der Waals surface area contributed by atoms with Gasteiger partial charge in [-0.2, -0.15) is 0 Å². The number of rotatable bonds is 7. The van der Waals surface area contributed by atoms with Gasteiger partial charge in [0.2, 0.25) is 0 Å². The molecule has 0 radical (unpaired) electrons. The van der Waals surface area contributed by atoms with Crippen LogP contribution in [-0.4, -0.2) is 40.3 Å². The number of amides is 1. The van der Waals surface area contributed by atoms with Crippen molar-refractivity contribution in [1.82, 2.24) is 4.90 Å². The molecule has 0 fully saturated rings. The predicted octanol–water partition coefficient (Wildman–Crippen LogP) is 4.11. The van der Waals surface area contributed by atoms with Crippen LogP contribution in [0.15, 0.2) is 72.8 Å². The molecule has 0 bridgehead atoms. The molecular weight excluding hydrogens is 402 g/mol. The van der Waals surface area contributed by atoms with Gasteiger partial charge in [0.05, 0.1) is 11.6 Å². The number of hydrogen-bond donors (Lipinski definition) is 1. The van der Waals surface area contributed by atoms with Crippen molar-refractivity contribution in [2.24, 2.45) is 0 Å². The van der Waals surface area contributed by atoms with E-state index in [1.807, 2.05) is 55.5 Å². The van der Waals surface area contributed by atoms with Crippen molar-refractivity contribution in [3.05, 3.63) is 106 Å². The van der Waals surface area contributed by atoms with Gasteiger partial charge in [-0.1, -0.05) is 60.2 Å². The highest BCUT2D eigenvalue weighted by atomic mass is 16.4. The second-order valence-electron chi connectivity index (χ2n) is 8.26. The second kappa shape index (κ2) is 9.18. The van der Waals surface area contributed by atoms with Crippen LogP contribution in [0.2, 0.25) is 0 Å². The third-order valence-corrected chi connectivity index (χ3v) is 5.97. The monoisotopic (exact) mass is 427 g/mol. The fraction of sp³-hybridized carbons (Fsp3) is 0.222. The molecule has 1 atom stereocenters. The topological polar surface area (TPSA) is 74.7 Å². The zero-order chi connectivity index (χ0) is 22.7. The maximum atomic E-state index is 13.4. The summed E-state index contributed by atoms with van der Waals surface area (Å²) in [4.78, 5) is 39.6. The lowest BCUT2D eigenvalue weighted by Gasteiger charge is -2.35. The number of carbonyl (C=O) groups excluding carboxylic acids is 2. The molecule has 5 heteroatoms. The van der Waals surface area contributed by atoms with Crippen LogP contribution in [0.5, 0.6) is 0 Å². The Labute approximate surface area is 187 Å². The SMILES string of the molecule is Cc1ccc2c(c1)CCN([C@@H](Cc1ccccc1)C(=O)Cc1ccc(C(=O)O)cc1)C2=O. The van der Waals surface area contributed by atoms with Crippen molar-refractivity contribution in [2.45, 2.75) is 32.2 Å². The Bertz CT molecular complexity index is 1150. The van der Waals surface area contributed by atoms with Crippen molar-refractivity contribution < 1.29 is 19.5 Å². The number of nitrogens with zero attached hydrogens (tertiary/aromatic N) is 1. The maximum Gasteiger partial charge on any atom is 0.335 e. The van der Waals surface area contributed by atoms with E-state index in [0.717, 1.165) is 22.3 Å². The molecule has 3 aromatic carbocycles. The minimum Gasteiger partial charge on any atom is -0.478 e. The smallest absolute Gasteiger partial charge is 0.335 e. The lowest BCUT2D eigenvalue weighted by Crippen LogP contribution is -2.50. The van der Waals surface area contributed by atoms with Crippen LogP contribution in [0.3, 0.4) is 0 Å². The number of hydrogen-bond acceptors (Lipinski definition) is 3. The van der Waals surface area contributed by atoms with E-state index in [1.54, 1.807) is 17.0 Å². The highest BCUT2D eigenvalue weighted by molar-refractivity contribution is 6.00. The Morgan fingerprint density at radius 2 is 1.69 bits per heavy atom. The van der Waals surface area contributed by atoms with E-state index in [4.69, 9.17) is 5.11 Å². The summed E-state index contributed by atoms with van der Waals surface area (Å²) in [5.41, 5.74) is 4.72. The third-order valence-electron chi connectivity index (χ3n) is 5.97. The molecule has 1 aliphatic rings. The molecular formula is C27H25NO4. The summed E-state index contributed by atoms with van der Waals surface area (Å²) in [6.07, 6.45) is 1.30. The first-order valence-electron chi connectivity index (χ1n) is 10.7. The van der Waals surface area contributed by atoms with Crippen LogP contribution in [0.25, 0.3) is 0 Å². The summed E-state index contributed by atoms with van der Waals surface area (Å²) in [5, 5.41) is 9.10. The fourth-order valence-electron chi connectivity index (χ4n) is 4.25. The first kappa shape index (κ1) is 21.5. The average molecular weight is 428 g/mol. The summed E-state index contributed by atoms with van der Waals surface area (Å²) in [5.74, 6) is -1.17. The Morgan fingerprint density at radius 1 is 0.969 bits per heavy atom. The van der Waals surface area contributed by atoms with Gasteiger partial charge in [-0.25, -0.2) is 4.79 Å². The van der Waals surface area contributed by atoms with Gasteiger partial charge in [0.15, 0.2) is 5.78 Å². The van der Waals surface area contributed by atoms with Crippen LogP contribution in [0.1, 0.15) is 43.0 Å². The largest absolute Gasteiger partial charge is 0.478 e. The van der Waals surface area contributed by atoms with Crippen molar-refractivity contribution in [1.29, 1.82) is 0 Å². The van der Waals surface area contributed by atoms with Gasteiger partial charge in [-0.05, 0) is 54.7 Å². The van der Waals surface area contributed by atoms with Gasteiger partial charge >= 0.3 is 5.97 Å². The van der Waals surface area contributed by atoms with Gasteiger partial charge in [0.1, 0.15) is 0 Å². The van der Waals surface area contributed by atoms with Gasteiger partial charge in [0.25, 0.3) is 5.91 Å². The summed E-state index contributed by atoms with van der Waals surface area (Å²) in [6.45, 7) is 2.50. The summed E-state index contributed by atoms with van der Waals surface area (Å²) >= 11 is 0. The molecule has 1 N–H and O–H groups in total. The lowest BCUT2D eigenvalue weighted by atomic mass is 9.91. The lowest BCUT2D eigenvalue weighted by molar-refractivity contribution is -0.123. The molecule has 0 saturated carbocycles. The van der Waals surface area contributed by atoms with E-state index in [0.29, 0.717) is 24.9 Å². The Morgan fingerprint density at radius 3 is 2.38 bits per heavy atom. The van der Waals surface area contributed by atoms with Crippen LogP contribution < -0.4 is 0 Å². The first-order valence-corrected chi connectivity index (χ1v) is 10.7. The minimum absolute atomic E-state index is 0.0548. The molecule has 0 unspecified atom stereocenters. The molecule has 162 valence electrons. The Hall–Kier alpha value is -3.73. The molecule has 5 nitrogen and oxygen atoms in total. The third kappa shape index (κ3) is 4.62. The maximum absolute atomic E-state index is 13.4. The molecule has 1 heterocycles. The molecule has 3 aromatic rings. The highest BCUT2D eigenvalue weighted by Crippen LogP contribution is 2.24. The summed E-state index contributed by atoms with van der Waals surface area (Å²) < 4.78 is 0. The highest BCUT2D eigenvalue weighted by Gasteiger charge is 2.34. The van der Waals surface area contributed by atoms with Crippen molar-refractivity contribution in [3.63, 3.8) is 0 Å². The summed E-state index contributed by atoms with van der Waals surface area (Å²) in [6, 6.07) is 21.3. The number of carboxylic acids is 1. The normalized spacial score (nSPS) is 14.0. The molecule has 0 aromatic heterocycles. The number of ketones is 1. The van der Waals surface area contributed by atoms with Crippen LogP contribution in [0.4, 0.5) is 0 Å². The van der Waals surface area contributed by atoms with E-state index in [-0.39, 0.29) is 23.7 Å². The number of Topliss-reactive ketones (excluding diaryl/α,β-unsaturated/α-hetero) is 1. The van der Waals surface area contributed by atoms with Crippen LogP contribution in [-0.2, 0) is 24.1 Å². The van der Waals surface area contributed by atoms with Crippen LogP contribution in [0, 0.1) is 6.92 Å². The molecule has 0 spiro atoms. The number of carboxylic acid groups (broad SMARTS) is 1. The van der Waals surface area contributed by atoms with Crippen LogP contribution >= 0.6 is 0 Å².